The van der Waals surface area contributed by atoms with Crippen molar-refractivity contribution in [3.63, 3.8) is 0 Å². The Labute approximate surface area is 114 Å². The molecule has 100 valence electrons. The standard InChI is InChI=1S/C15H21ClO2/c16-14-8-4-3-7-13(14)15(10-17,11-18)9-12-5-1-2-6-12/h3-4,7-8,12,17-18H,1-2,5-6,9-11H2. The van der Waals surface area contributed by atoms with Gasteiger partial charge in [0, 0.05) is 10.4 Å². The summed E-state index contributed by atoms with van der Waals surface area (Å²) in [6.45, 7) is -0.104. The minimum atomic E-state index is -0.590. The van der Waals surface area contributed by atoms with E-state index in [1.807, 2.05) is 24.3 Å². The smallest absolute Gasteiger partial charge is 0.0550 e. The van der Waals surface area contributed by atoms with Crippen LogP contribution in [0.5, 0.6) is 0 Å². The second-order valence-electron chi connectivity index (χ2n) is 5.43. The van der Waals surface area contributed by atoms with Crippen molar-refractivity contribution in [2.45, 2.75) is 37.5 Å². The summed E-state index contributed by atoms with van der Waals surface area (Å²) < 4.78 is 0. The molecule has 0 amide bonds. The van der Waals surface area contributed by atoms with Crippen molar-refractivity contribution in [1.29, 1.82) is 0 Å². The summed E-state index contributed by atoms with van der Waals surface area (Å²) in [5, 5.41) is 20.2. The Morgan fingerprint density at radius 1 is 1.11 bits per heavy atom. The molecule has 0 unspecified atom stereocenters. The Morgan fingerprint density at radius 3 is 2.28 bits per heavy atom. The van der Waals surface area contributed by atoms with E-state index in [0.717, 1.165) is 12.0 Å². The van der Waals surface area contributed by atoms with Crippen LogP contribution in [0.2, 0.25) is 5.02 Å². The van der Waals surface area contributed by atoms with Crippen LogP contribution in [0.3, 0.4) is 0 Å². The van der Waals surface area contributed by atoms with Gasteiger partial charge in [-0.1, -0.05) is 55.5 Å². The van der Waals surface area contributed by atoms with E-state index in [1.54, 1.807) is 0 Å². The molecule has 0 spiro atoms. The molecule has 3 heteroatoms. The maximum Gasteiger partial charge on any atom is 0.0550 e. The second-order valence-corrected chi connectivity index (χ2v) is 5.84. The van der Waals surface area contributed by atoms with Crippen molar-refractivity contribution < 1.29 is 10.2 Å². The van der Waals surface area contributed by atoms with Crippen molar-refractivity contribution in [2.24, 2.45) is 5.92 Å². The summed E-state index contributed by atoms with van der Waals surface area (Å²) in [7, 11) is 0. The number of benzene rings is 1. The maximum absolute atomic E-state index is 9.80. The van der Waals surface area contributed by atoms with Crippen LogP contribution in [-0.4, -0.2) is 23.4 Å². The van der Waals surface area contributed by atoms with Crippen molar-refractivity contribution in [3.05, 3.63) is 34.9 Å². The maximum atomic E-state index is 9.80. The van der Waals surface area contributed by atoms with Gasteiger partial charge in [0.05, 0.1) is 13.2 Å². The second kappa shape index (κ2) is 6.05. The van der Waals surface area contributed by atoms with Crippen LogP contribution in [0.1, 0.15) is 37.7 Å². The Bertz CT molecular complexity index is 382. The lowest BCUT2D eigenvalue weighted by molar-refractivity contribution is 0.0955. The summed E-state index contributed by atoms with van der Waals surface area (Å²) >= 11 is 6.23. The first-order valence-electron chi connectivity index (χ1n) is 6.68. The van der Waals surface area contributed by atoms with Crippen molar-refractivity contribution in [3.8, 4) is 0 Å². The average molecular weight is 269 g/mol. The third-order valence-corrected chi connectivity index (χ3v) is 4.53. The fraction of sp³-hybridized carbons (Fsp3) is 0.600. The summed E-state index contributed by atoms with van der Waals surface area (Å²) in [5.41, 5.74) is 0.288. The largest absolute Gasteiger partial charge is 0.395 e. The number of hydrogen-bond acceptors (Lipinski definition) is 2. The molecule has 1 fully saturated rings. The molecule has 1 aliphatic carbocycles. The van der Waals surface area contributed by atoms with Gasteiger partial charge in [0.1, 0.15) is 0 Å². The summed E-state index contributed by atoms with van der Waals surface area (Å²) in [4.78, 5) is 0. The average Bonchev–Trinajstić information content (AvgIpc) is 2.90. The normalized spacial score (nSPS) is 17.3. The van der Waals surface area contributed by atoms with Crippen LogP contribution in [0.4, 0.5) is 0 Å². The zero-order valence-electron chi connectivity index (χ0n) is 10.6. The van der Waals surface area contributed by atoms with Crippen LogP contribution < -0.4 is 0 Å². The lowest BCUT2D eigenvalue weighted by Crippen LogP contribution is -2.37. The van der Waals surface area contributed by atoms with Gasteiger partial charge in [-0.15, -0.1) is 0 Å². The lowest BCUT2D eigenvalue weighted by Gasteiger charge is -2.33. The fourth-order valence-electron chi connectivity index (χ4n) is 3.12. The third-order valence-electron chi connectivity index (χ3n) is 4.20. The highest BCUT2D eigenvalue weighted by atomic mass is 35.5. The van der Waals surface area contributed by atoms with Crippen LogP contribution in [0.25, 0.3) is 0 Å². The Balaban J connectivity index is 2.27. The van der Waals surface area contributed by atoms with Gasteiger partial charge in [-0.3, -0.25) is 0 Å². The molecule has 2 nitrogen and oxygen atoms in total. The molecular weight excluding hydrogens is 248 g/mol. The van der Waals surface area contributed by atoms with E-state index < -0.39 is 5.41 Å². The zero-order chi connectivity index (χ0) is 13.0. The Hall–Kier alpha value is -0.570. The molecule has 0 heterocycles. The number of halogens is 1. The molecule has 0 saturated heterocycles. The minimum Gasteiger partial charge on any atom is -0.395 e. The van der Waals surface area contributed by atoms with Gasteiger partial charge in [0.2, 0.25) is 0 Å². The van der Waals surface area contributed by atoms with Gasteiger partial charge in [-0.05, 0) is 24.0 Å². The summed E-state index contributed by atoms with van der Waals surface area (Å²) in [6, 6.07) is 7.53. The monoisotopic (exact) mass is 268 g/mol. The van der Waals surface area contributed by atoms with Crippen LogP contribution in [0.15, 0.2) is 24.3 Å². The zero-order valence-corrected chi connectivity index (χ0v) is 11.4. The molecule has 18 heavy (non-hydrogen) atoms. The SMILES string of the molecule is OCC(CO)(CC1CCCC1)c1ccccc1Cl. The number of aliphatic hydroxyl groups is 2. The topological polar surface area (TPSA) is 40.5 Å². The van der Waals surface area contributed by atoms with E-state index in [4.69, 9.17) is 11.6 Å². The highest BCUT2D eigenvalue weighted by Crippen LogP contribution is 2.40. The molecule has 0 bridgehead atoms. The van der Waals surface area contributed by atoms with Crippen molar-refractivity contribution >= 4 is 11.6 Å². The van der Waals surface area contributed by atoms with E-state index in [-0.39, 0.29) is 13.2 Å². The van der Waals surface area contributed by atoms with Gasteiger partial charge in [0.25, 0.3) is 0 Å². The van der Waals surface area contributed by atoms with E-state index in [1.165, 1.54) is 25.7 Å². The molecule has 0 atom stereocenters. The molecule has 1 saturated carbocycles. The Morgan fingerprint density at radius 2 is 1.72 bits per heavy atom. The molecule has 0 radical (unpaired) electrons. The molecular formula is C15H21ClO2. The Kier molecular flexibility index (Phi) is 4.66. The fourth-order valence-corrected chi connectivity index (χ4v) is 3.45. The minimum absolute atomic E-state index is 0.0519. The van der Waals surface area contributed by atoms with E-state index >= 15 is 0 Å². The van der Waals surface area contributed by atoms with Crippen molar-refractivity contribution in [2.75, 3.05) is 13.2 Å². The highest BCUT2D eigenvalue weighted by Gasteiger charge is 2.36. The van der Waals surface area contributed by atoms with Gasteiger partial charge in [0.15, 0.2) is 0 Å². The summed E-state index contributed by atoms with van der Waals surface area (Å²) in [6.07, 6.45) is 5.75. The predicted molar refractivity (Wildman–Crippen MR) is 73.9 cm³/mol. The third kappa shape index (κ3) is 2.71. The number of aliphatic hydroxyl groups excluding tert-OH is 2. The number of rotatable bonds is 5. The highest BCUT2D eigenvalue weighted by molar-refractivity contribution is 6.31. The summed E-state index contributed by atoms with van der Waals surface area (Å²) in [5.74, 6) is 0.598. The molecule has 2 rings (SSSR count). The first-order chi connectivity index (χ1) is 8.72. The van der Waals surface area contributed by atoms with Crippen LogP contribution >= 0.6 is 11.6 Å². The van der Waals surface area contributed by atoms with Gasteiger partial charge in [-0.25, -0.2) is 0 Å². The quantitative estimate of drug-likeness (QED) is 0.861. The van der Waals surface area contributed by atoms with Crippen LogP contribution in [0, 0.1) is 5.92 Å². The molecule has 1 aromatic rings. The van der Waals surface area contributed by atoms with Gasteiger partial charge < -0.3 is 10.2 Å². The predicted octanol–water partition coefficient (Wildman–Crippen LogP) is 3.14. The molecule has 0 aliphatic heterocycles. The van der Waals surface area contributed by atoms with Gasteiger partial charge in [-0.2, -0.15) is 0 Å². The van der Waals surface area contributed by atoms with E-state index in [9.17, 15) is 10.2 Å². The molecule has 1 aromatic carbocycles. The van der Waals surface area contributed by atoms with Gasteiger partial charge >= 0.3 is 0 Å². The molecule has 2 N–H and O–H groups in total. The first kappa shape index (κ1) is 13.9. The number of hydrogen-bond donors (Lipinski definition) is 2. The molecule has 0 aromatic heterocycles. The van der Waals surface area contributed by atoms with E-state index in [0.29, 0.717) is 10.9 Å². The molecule has 1 aliphatic rings. The van der Waals surface area contributed by atoms with E-state index in [2.05, 4.69) is 0 Å². The van der Waals surface area contributed by atoms with Crippen molar-refractivity contribution in [1.82, 2.24) is 0 Å². The lowest BCUT2D eigenvalue weighted by atomic mass is 9.74. The van der Waals surface area contributed by atoms with Crippen LogP contribution in [-0.2, 0) is 5.41 Å². The first-order valence-corrected chi connectivity index (χ1v) is 7.06.